The number of nitrogens with zero attached hydrogens (tertiary/aromatic N) is 2. The Kier molecular flexibility index (Phi) is 5.12. The molecular weight excluding hydrogens is 252 g/mol. The van der Waals surface area contributed by atoms with Crippen molar-refractivity contribution in [3.05, 3.63) is 24.5 Å². The van der Waals surface area contributed by atoms with Crippen molar-refractivity contribution in [2.45, 2.75) is 32.8 Å². The van der Waals surface area contributed by atoms with Crippen molar-refractivity contribution in [3.63, 3.8) is 0 Å². The number of anilines is 2. The minimum atomic E-state index is 0.303. The van der Waals surface area contributed by atoms with Crippen molar-refractivity contribution < 1.29 is 4.74 Å². The minimum Gasteiger partial charge on any atom is -0.399 e. The largest absolute Gasteiger partial charge is 0.399 e. The summed E-state index contributed by atoms with van der Waals surface area (Å²) < 4.78 is 5.51. The maximum absolute atomic E-state index is 5.82. The number of nitrogens with two attached hydrogens (primary N) is 1. The highest BCUT2D eigenvalue weighted by Crippen LogP contribution is 2.21. The van der Waals surface area contributed by atoms with E-state index in [2.05, 4.69) is 29.1 Å². The Morgan fingerprint density at radius 2 is 2.10 bits per heavy atom. The van der Waals surface area contributed by atoms with E-state index in [0.29, 0.717) is 6.10 Å². The minimum absolute atomic E-state index is 0.303. The molecule has 0 bridgehead atoms. The summed E-state index contributed by atoms with van der Waals surface area (Å²) in [6.45, 7) is 5.77. The average Bonchev–Trinajstić information content (AvgIpc) is 2.42. The van der Waals surface area contributed by atoms with Gasteiger partial charge >= 0.3 is 0 Å². The fraction of sp³-hybridized carbons (Fsp3) is 0.467. The number of fused-ring (bicyclic) bond motifs is 1. The van der Waals surface area contributed by atoms with Crippen LogP contribution >= 0.6 is 0 Å². The molecule has 20 heavy (non-hydrogen) atoms. The van der Waals surface area contributed by atoms with Gasteiger partial charge in [0.2, 0.25) is 0 Å². The molecule has 2 rings (SSSR count). The van der Waals surface area contributed by atoms with Crippen LogP contribution in [-0.4, -0.2) is 29.2 Å². The summed E-state index contributed by atoms with van der Waals surface area (Å²) in [6, 6.07) is 5.66. The van der Waals surface area contributed by atoms with E-state index in [9.17, 15) is 0 Å². The van der Waals surface area contributed by atoms with Gasteiger partial charge in [-0.3, -0.25) is 0 Å². The van der Waals surface area contributed by atoms with Gasteiger partial charge in [0.25, 0.3) is 0 Å². The van der Waals surface area contributed by atoms with Crippen LogP contribution in [0.4, 0.5) is 11.5 Å². The zero-order valence-electron chi connectivity index (χ0n) is 12.1. The number of benzene rings is 1. The van der Waals surface area contributed by atoms with Gasteiger partial charge in [-0.25, -0.2) is 9.97 Å². The molecule has 0 saturated carbocycles. The highest BCUT2D eigenvalue weighted by atomic mass is 16.5. The van der Waals surface area contributed by atoms with Crippen LogP contribution in [0.5, 0.6) is 0 Å². The number of nitrogen functional groups attached to an aromatic ring is 1. The van der Waals surface area contributed by atoms with Gasteiger partial charge < -0.3 is 15.8 Å². The van der Waals surface area contributed by atoms with Crippen LogP contribution in [0.1, 0.15) is 26.7 Å². The van der Waals surface area contributed by atoms with Crippen molar-refractivity contribution in [1.29, 1.82) is 0 Å². The van der Waals surface area contributed by atoms with Crippen LogP contribution in [-0.2, 0) is 4.74 Å². The Morgan fingerprint density at radius 1 is 1.25 bits per heavy atom. The van der Waals surface area contributed by atoms with Gasteiger partial charge in [-0.2, -0.15) is 0 Å². The normalized spacial score (nSPS) is 11.2. The molecule has 1 heterocycles. The Morgan fingerprint density at radius 3 is 2.90 bits per heavy atom. The fourth-order valence-electron chi connectivity index (χ4n) is 1.97. The lowest BCUT2D eigenvalue weighted by molar-refractivity contribution is 0.0765. The number of unbranched alkanes of at least 4 members (excludes halogenated alkanes) is 1. The summed E-state index contributed by atoms with van der Waals surface area (Å²) in [4.78, 5) is 8.52. The first-order chi connectivity index (χ1) is 9.66. The Balaban J connectivity index is 1.88. The van der Waals surface area contributed by atoms with E-state index in [-0.39, 0.29) is 0 Å². The van der Waals surface area contributed by atoms with Gasteiger partial charge in [0.15, 0.2) is 0 Å². The molecule has 1 aromatic carbocycles. The summed E-state index contributed by atoms with van der Waals surface area (Å²) in [7, 11) is 0. The Hall–Kier alpha value is -1.88. The molecule has 2 aromatic rings. The molecule has 0 unspecified atom stereocenters. The molecule has 0 saturated heterocycles. The quantitative estimate of drug-likeness (QED) is 0.600. The maximum Gasteiger partial charge on any atom is 0.137 e. The third-order valence-corrected chi connectivity index (χ3v) is 2.97. The van der Waals surface area contributed by atoms with Crippen molar-refractivity contribution in [3.8, 4) is 0 Å². The summed E-state index contributed by atoms with van der Waals surface area (Å²) in [5, 5.41) is 4.30. The molecule has 0 aliphatic rings. The number of rotatable bonds is 7. The van der Waals surface area contributed by atoms with E-state index in [1.807, 2.05) is 18.2 Å². The van der Waals surface area contributed by atoms with E-state index in [1.54, 1.807) is 6.33 Å². The molecule has 0 radical (unpaired) electrons. The monoisotopic (exact) mass is 274 g/mol. The highest BCUT2D eigenvalue weighted by Gasteiger charge is 2.03. The lowest BCUT2D eigenvalue weighted by Gasteiger charge is -2.10. The number of aromatic nitrogens is 2. The number of hydrogen-bond acceptors (Lipinski definition) is 5. The van der Waals surface area contributed by atoms with Gasteiger partial charge in [0.1, 0.15) is 12.1 Å². The van der Waals surface area contributed by atoms with Gasteiger partial charge in [0.05, 0.1) is 11.6 Å². The van der Waals surface area contributed by atoms with E-state index in [1.165, 1.54) is 0 Å². The molecule has 0 aliphatic heterocycles. The van der Waals surface area contributed by atoms with Crippen LogP contribution < -0.4 is 11.1 Å². The molecule has 5 nitrogen and oxygen atoms in total. The van der Waals surface area contributed by atoms with Crippen molar-refractivity contribution >= 4 is 22.4 Å². The zero-order chi connectivity index (χ0) is 14.4. The standard InChI is InChI=1S/C15H22N4O/c1-11(2)20-8-4-3-7-17-15-13-9-12(16)5-6-14(13)18-10-19-15/h5-6,9-11H,3-4,7-8,16H2,1-2H3,(H,17,18,19). The predicted molar refractivity (Wildman–Crippen MR) is 82.8 cm³/mol. The van der Waals surface area contributed by atoms with Crippen LogP contribution in [0.2, 0.25) is 0 Å². The summed E-state index contributed by atoms with van der Waals surface area (Å²) >= 11 is 0. The van der Waals surface area contributed by atoms with E-state index in [4.69, 9.17) is 10.5 Å². The van der Waals surface area contributed by atoms with Gasteiger partial charge in [-0.05, 0) is 44.9 Å². The summed E-state index contributed by atoms with van der Waals surface area (Å²) in [5.74, 6) is 0.840. The number of hydrogen-bond donors (Lipinski definition) is 2. The van der Waals surface area contributed by atoms with E-state index in [0.717, 1.165) is 48.4 Å². The highest BCUT2D eigenvalue weighted by molar-refractivity contribution is 5.91. The molecular formula is C15H22N4O. The topological polar surface area (TPSA) is 73.1 Å². The lowest BCUT2D eigenvalue weighted by Crippen LogP contribution is -2.08. The molecule has 1 aromatic heterocycles. The first-order valence-corrected chi connectivity index (χ1v) is 7.02. The molecule has 0 spiro atoms. The first-order valence-electron chi connectivity index (χ1n) is 7.02. The zero-order valence-corrected chi connectivity index (χ0v) is 12.1. The number of nitrogens with one attached hydrogen (secondary N) is 1. The predicted octanol–water partition coefficient (Wildman–Crippen LogP) is 2.83. The van der Waals surface area contributed by atoms with Gasteiger partial charge in [0, 0.05) is 24.2 Å². The molecule has 108 valence electrons. The third-order valence-electron chi connectivity index (χ3n) is 2.97. The van der Waals surface area contributed by atoms with Crippen molar-refractivity contribution in [1.82, 2.24) is 9.97 Å². The molecule has 5 heteroatoms. The lowest BCUT2D eigenvalue weighted by atomic mass is 10.2. The van der Waals surface area contributed by atoms with Crippen LogP contribution in [0.25, 0.3) is 10.9 Å². The van der Waals surface area contributed by atoms with E-state index >= 15 is 0 Å². The van der Waals surface area contributed by atoms with Crippen molar-refractivity contribution in [2.24, 2.45) is 0 Å². The fourth-order valence-corrected chi connectivity index (χ4v) is 1.97. The van der Waals surface area contributed by atoms with Crippen LogP contribution in [0, 0.1) is 0 Å². The first kappa shape index (κ1) is 14.5. The van der Waals surface area contributed by atoms with Crippen molar-refractivity contribution in [2.75, 3.05) is 24.2 Å². The van der Waals surface area contributed by atoms with Gasteiger partial charge in [-0.15, -0.1) is 0 Å². The Bertz CT molecular complexity index is 557. The number of ether oxygens (including phenoxy) is 1. The second-order valence-corrected chi connectivity index (χ2v) is 5.05. The average molecular weight is 274 g/mol. The molecule has 0 aliphatic carbocycles. The SMILES string of the molecule is CC(C)OCCCCNc1ncnc2ccc(N)cc12. The molecule has 0 atom stereocenters. The maximum atomic E-state index is 5.82. The second kappa shape index (κ2) is 7.05. The molecule has 0 fully saturated rings. The second-order valence-electron chi connectivity index (χ2n) is 5.05. The van der Waals surface area contributed by atoms with E-state index < -0.39 is 0 Å². The molecule has 3 N–H and O–H groups in total. The summed E-state index contributed by atoms with van der Waals surface area (Å²) in [6.07, 6.45) is 3.95. The van der Waals surface area contributed by atoms with Gasteiger partial charge in [-0.1, -0.05) is 0 Å². The Labute approximate surface area is 119 Å². The molecule has 0 amide bonds. The smallest absolute Gasteiger partial charge is 0.137 e. The third kappa shape index (κ3) is 4.06. The van der Waals surface area contributed by atoms with Crippen LogP contribution in [0.3, 0.4) is 0 Å². The van der Waals surface area contributed by atoms with Crippen LogP contribution in [0.15, 0.2) is 24.5 Å². The summed E-state index contributed by atoms with van der Waals surface area (Å²) in [5.41, 5.74) is 7.44.